The SMILES string of the molecule is CCCOC(CC)C(C)N=O. The third kappa shape index (κ3) is 4.09. The zero-order valence-electron chi connectivity index (χ0n) is 7.54. The molecule has 66 valence electrons. The van der Waals surface area contributed by atoms with Gasteiger partial charge >= 0.3 is 0 Å². The third-order valence-electron chi connectivity index (χ3n) is 1.64. The third-order valence-corrected chi connectivity index (χ3v) is 1.64. The normalized spacial score (nSPS) is 15.9. The van der Waals surface area contributed by atoms with Crippen molar-refractivity contribution in [3.05, 3.63) is 4.91 Å². The van der Waals surface area contributed by atoms with E-state index >= 15 is 0 Å². The molecule has 0 saturated heterocycles. The Bertz CT molecular complexity index is 106. The molecule has 2 unspecified atom stereocenters. The highest BCUT2D eigenvalue weighted by molar-refractivity contribution is 4.69. The van der Waals surface area contributed by atoms with Crippen molar-refractivity contribution >= 4 is 0 Å². The monoisotopic (exact) mass is 159 g/mol. The lowest BCUT2D eigenvalue weighted by Crippen LogP contribution is -2.24. The second-order valence-electron chi connectivity index (χ2n) is 2.66. The number of nitrogens with zero attached hydrogens (tertiary/aromatic N) is 1. The van der Waals surface area contributed by atoms with Crippen LogP contribution in [-0.4, -0.2) is 18.8 Å². The van der Waals surface area contributed by atoms with E-state index in [2.05, 4.69) is 5.18 Å². The summed E-state index contributed by atoms with van der Waals surface area (Å²) in [5.74, 6) is 0. The Morgan fingerprint density at radius 1 is 1.45 bits per heavy atom. The second-order valence-corrected chi connectivity index (χ2v) is 2.66. The smallest absolute Gasteiger partial charge is 0.115 e. The first kappa shape index (κ1) is 10.6. The summed E-state index contributed by atoms with van der Waals surface area (Å²) < 4.78 is 5.40. The lowest BCUT2D eigenvalue weighted by molar-refractivity contribution is 0.0375. The molecular weight excluding hydrogens is 142 g/mol. The second kappa shape index (κ2) is 6.28. The predicted molar refractivity (Wildman–Crippen MR) is 45.6 cm³/mol. The summed E-state index contributed by atoms with van der Waals surface area (Å²) in [6.07, 6.45) is 1.85. The minimum atomic E-state index is -0.216. The first-order chi connectivity index (χ1) is 5.26. The highest BCUT2D eigenvalue weighted by atomic mass is 16.5. The van der Waals surface area contributed by atoms with Crippen molar-refractivity contribution in [2.24, 2.45) is 5.18 Å². The Balaban J connectivity index is 3.64. The van der Waals surface area contributed by atoms with Gasteiger partial charge in [-0.25, -0.2) is 0 Å². The van der Waals surface area contributed by atoms with Crippen LogP contribution in [0.1, 0.15) is 33.6 Å². The molecule has 0 heterocycles. The fourth-order valence-electron chi connectivity index (χ4n) is 0.935. The van der Waals surface area contributed by atoms with E-state index in [1.807, 2.05) is 13.8 Å². The van der Waals surface area contributed by atoms with E-state index in [1.165, 1.54) is 0 Å². The molecule has 0 saturated carbocycles. The Hall–Kier alpha value is -0.440. The maximum Gasteiger partial charge on any atom is 0.115 e. The van der Waals surface area contributed by atoms with Gasteiger partial charge in [0.1, 0.15) is 6.04 Å². The van der Waals surface area contributed by atoms with Gasteiger partial charge in [-0.2, -0.15) is 4.91 Å². The van der Waals surface area contributed by atoms with E-state index in [9.17, 15) is 4.91 Å². The van der Waals surface area contributed by atoms with Crippen LogP contribution < -0.4 is 0 Å². The maximum atomic E-state index is 10.1. The summed E-state index contributed by atoms with van der Waals surface area (Å²) in [6, 6.07) is -0.216. The molecule has 0 spiro atoms. The van der Waals surface area contributed by atoms with Crippen LogP contribution in [0.15, 0.2) is 5.18 Å². The molecular formula is C8H17NO2. The van der Waals surface area contributed by atoms with Crippen LogP contribution in [0.4, 0.5) is 0 Å². The van der Waals surface area contributed by atoms with Crippen molar-refractivity contribution in [2.75, 3.05) is 6.61 Å². The predicted octanol–water partition coefficient (Wildman–Crippen LogP) is 2.35. The molecule has 0 aromatic rings. The first-order valence-electron chi connectivity index (χ1n) is 4.20. The minimum absolute atomic E-state index is 0.00690. The highest BCUT2D eigenvalue weighted by Crippen LogP contribution is 2.07. The number of rotatable bonds is 6. The van der Waals surface area contributed by atoms with Crippen LogP contribution in [0, 0.1) is 4.91 Å². The van der Waals surface area contributed by atoms with Gasteiger partial charge in [-0.05, 0) is 19.8 Å². The van der Waals surface area contributed by atoms with Crippen molar-refractivity contribution in [3.63, 3.8) is 0 Å². The Morgan fingerprint density at radius 3 is 2.45 bits per heavy atom. The van der Waals surface area contributed by atoms with Crippen LogP contribution in [-0.2, 0) is 4.74 Å². The zero-order valence-corrected chi connectivity index (χ0v) is 7.54. The van der Waals surface area contributed by atoms with Crippen molar-refractivity contribution in [3.8, 4) is 0 Å². The van der Waals surface area contributed by atoms with E-state index in [4.69, 9.17) is 4.74 Å². The highest BCUT2D eigenvalue weighted by Gasteiger charge is 2.15. The molecule has 0 fully saturated rings. The lowest BCUT2D eigenvalue weighted by Gasteiger charge is -2.16. The summed E-state index contributed by atoms with van der Waals surface area (Å²) >= 11 is 0. The van der Waals surface area contributed by atoms with Crippen LogP contribution in [0.3, 0.4) is 0 Å². The van der Waals surface area contributed by atoms with Crippen molar-refractivity contribution in [1.29, 1.82) is 0 Å². The number of hydrogen-bond donors (Lipinski definition) is 0. The molecule has 0 amide bonds. The van der Waals surface area contributed by atoms with Gasteiger partial charge in [-0.3, -0.25) is 0 Å². The topological polar surface area (TPSA) is 38.7 Å². The Morgan fingerprint density at radius 2 is 2.09 bits per heavy atom. The summed E-state index contributed by atoms with van der Waals surface area (Å²) in [6.45, 7) is 6.56. The van der Waals surface area contributed by atoms with Gasteiger partial charge < -0.3 is 4.74 Å². The van der Waals surface area contributed by atoms with E-state index in [-0.39, 0.29) is 12.1 Å². The van der Waals surface area contributed by atoms with E-state index in [0.29, 0.717) is 0 Å². The molecule has 2 atom stereocenters. The summed E-state index contributed by atoms with van der Waals surface area (Å²) in [7, 11) is 0. The first-order valence-corrected chi connectivity index (χ1v) is 4.20. The number of ether oxygens (including phenoxy) is 1. The fraction of sp³-hybridized carbons (Fsp3) is 1.00. The van der Waals surface area contributed by atoms with Crippen molar-refractivity contribution in [1.82, 2.24) is 0 Å². The molecule has 0 rings (SSSR count). The van der Waals surface area contributed by atoms with Crippen LogP contribution >= 0.6 is 0 Å². The van der Waals surface area contributed by atoms with Crippen LogP contribution in [0.2, 0.25) is 0 Å². The lowest BCUT2D eigenvalue weighted by atomic mass is 10.1. The van der Waals surface area contributed by atoms with E-state index < -0.39 is 0 Å². The van der Waals surface area contributed by atoms with Gasteiger partial charge in [-0.15, -0.1) is 0 Å². The van der Waals surface area contributed by atoms with Gasteiger partial charge in [0.2, 0.25) is 0 Å². The largest absolute Gasteiger partial charge is 0.376 e. The fourth-order valence-corrected chi connectivity index (χ4v) is 0.935. The average molecular weight is 159 g/mol. The summed E-state index contributed by atoms with van der Waals surface area (Å²) in [5.41, 5.74) is 0. The van der Waals surface area contributed by atoms with Gasteiger partial charge in [0.15, 0.2) is 0 Å². The van der Waals surface area contributed by atoms with Crippen molar-refractivity contribution < 1.29 is 4.74 Å². The van der Waals surface area contributed by atoms with Crippen LogP contribution in [0.25, 0.3) is 0 Å². The Kier molecular flexibility index (Phi) is 6.03. The van der Waals surface area contributed by atoms with Gasteiger partial charge in [0.25, 0.3) is 0 Å². The molecule has 0 aromatic heterocycles. The van der Waals surface area contributed by atoms with Gasteiger partial charge in [0.05, 0.1) is 6.10 Å². The molecule has 0 N–H and O–H groups in total. The maximum absolute atomic E-state index is 10.1. The number of hydrogen-bond acceptors (Lipinski definition) is 3. The van der Waals surface area contributed by atoms with E-state index in [1.54, 1.807) is 6.92 Å². The quantitative estimate of drug-likeness (QED) is 0.558. The van der Waals surface area contributed by atoms with E-state index in [0.717, 1.165) is 19.4 Å². The average Bonchev–Trinajstić information content (AvgIpc) is 2.05. The van der Waals surface area contributed by atoms with Crippen LogP contribution in [0.5, 0.6) is 0 Å². The van der Waals surface area contributed by atoms with Crippen molar-refractivity contribution in [2.45, 2.75) is 45.8 Å². The molecule has 0 radical (unpaired) electrons. The molecule has 0 bridgehead atoms. The minimum Gasteiger partial charge on any atom is -0.376 e. The zero-order chi connectivity index (χ0) is 8.69. The molecule has 3 nitrogen and oxygen atoms in total. The molecule has 0 aliphatic heterocycles. The summed E-state index contributed by atoms with van der Waals surface area (Å²) in [5, 5.41) is 2.94. The molecule has 0 aliphatic carbocycles. The number of nitroso groups, excluding NO2 is 1. The molecule has 11 heavy (non-hydrogen) atoms. The summed E-state index contributed by atoms with van der Waals surface area (Å²) in [4.78, 5) is 10.1. The Labute approximate surface area is 68.1 Å². The standard InChI is InChI=1S/C8H17NO2/c1-4-6-11-8(5-2)7(3)9-10/h7-8H,4-6H2,1-3H3. The van der Waals surface area contributed by atoms with Gasteiger partial charge in [0, 0.05) is 6.61 Å². The molecule has 3 heteroatoms. The van der Waals surface area contributed by atoms with Gasteiger partial charge in [-0.1, -0.05) is 19.0 Å². The molecule has 0 aliphatic rings. The molecule has 0 aromatic carbocycles.